The molecule has 0 radical (unpaired) electrons. The zero-order valence-electron chi connectivity index (χ0n) is 21.7. The maximum atomic E-state index is 9.08. The fourth-order valence-corrected chi connectivity index (χ4v) is 4.18. The van der Waals surface area contributed by atoms with E-state index in [1.165, 1.54) is 6.20 Å². The predicted molar refractivity (Wildman–Crippen MR) is 149 cm³/mol. The number of nitrogens with one attached hydrogen (secondary N) is 3. The van der Waals surface area contributed by atoms with Gasteiger partial charge in [-0.2, -0.15) is 20.2 Å². The quantitative estimate of drug-likeness (QED) is 0.260. The molecule has 4 rings (SSSR count). The molecular weight excluding hydrogens is 478 g/mol. The molecule has 0 unspecified atom stereocenters. The Morgan fingerprint density at radius 3 is 2.34 bits per heavy atom. The van der Waals surface area contributed by atoms with Gasteiger partial charge in [0.2, 0.25) is 17.8 Å². The van der Waals surface area contributed by atoms with E-state index in [9.17, 15) is 0 Å². The Morgan fingerprint density at radius 2 is 1.68 bits per heavy atom. The van der Waals surface area contributed by atoms with Crippen LogP contribution in [0, 0.1) is 31.8 Å². The summed E-state index contributed by atoms with van der Waals surface area (Å²) in [6.07, 6.45) is 4.19. The van der Waals surface area contributed by atoms with Crippen LogP contribution in [0.15, 0.2) is 42.6 Å². The number of hydrogen-bond acceptors (Lipinski definition) is 9. The lowest BCUT2D eigenvalue weighted by Gasteiger charge is -2.26. The van der Waals surface area contributed by atoms with Gasteiger partial charge in [-0.25, -0.2) is 4.85 Å². The van der Waals surface area contributed by atoms with E-state index in [2.05, 4.69) is 46.7 Å². The molecule has 0 bridgehead atoms. The van der Waals surface area contributed by atoms with Crippen molar-refractivity contribution in [3.8, 4) is 6.07 Å². The van der Waals surface area contributed by atoms with Gasteiger partial charge < -0.3 is 20.7 Å². The fraction of sp³-hybridized carbons (Fsp3) is 0.321. The van der Waals surface area contributed by atoms with E-state index in [0.29, 0.717) is 23.4 Å². The Hall–Kier alpha value is -4.51. The Morgan fingerprint density at radius 1 is 1.03 bits per heavy atom. The molecule has 0 amide bonds. The first-order valence-electron chi connectivity index (χ1n) is 12.5. The van der Waals surface area contributed by atoms with Gasteiger partial charge in [-0.1, -0.05) is 18.2 Å². The zero-order valence-corrected chi connectivity index (χ0v) is 21.7. The highest BCUT2D eigenvalue weighted by Gasteiger charge is 2.12. The number of nitriles is 1. The molecule has 0 aliphatic carbocycles. The minimum absolute atomic E-state index is 0.384. The van der Waals surface area contributed by atoms with Gasteiger partial charge >= 0.3 is 0 Å². The van der Waals surface area contributed by atoms with Gasteiger partial charge in [0.1, 0.15) is 0 Å². The van der Waals surface area contributed by atoms with Gasteiger partial charge in [-0.15, -0.1) is 0 Å². The number of benzene rings is 2. The summed E-state index contributed by atoms with van der Waals surface area (Å²) < 4.78 is 5.42. The Kier molecular flexibility index (Phi) is 9.19. The average molecular weight is 510 g/mol. The lowest BCUT2D eigenvalue weighted by molar-refractivity contribution is 0.0378. The minimum Gasteiger partial charge on any atom is -0.379 e. The normalized spacial score (nSPS) is 13.6. The van der Waals surface area contributed by atoms with Crippen LogP contribution in [0.4, 0.5) is 29.2 Å². The van der Waals surface area contributed by atoms with Crippen molar-refractivity contribution in [3.63, 3.8) is 0 Å². The molecule has 0 saturated carbocycles. The number of nitrogens with zero attached hydrogens (tertiary/aromatic N) is 6. The van der Waals surface area contributed by atoms with Gasteiger partial charge in [-0.05, 0) is 67.8 Å². The van der Waals surface area contributed by atoms with Crippen molar-refractivity contribution in [1.82, 2.24) is 19.9 Å². The smallest absolute Gasteiger partial charge is 0.233 e. The molecule has 1 aromatic heterocycles. The van der Waals surface area contributed by atoms with Crippen molar-refractivity contribution in [1.29, 1.82) is 5.26 Å². The molecule has 10 nitrogen and oxygen atoms in total. The molecule has 10 heteroatoms. The van der Waals surface area contributed by atoms with Crippen molar-refractivity contribution >= 4 is 35.3 Å². The lowest BCUT2D eigenvalue weighted by atomic mass is 10.0. The summed E-state index contributed by atoms with van der Waals surface area (Å²) in [7, 11) is 0. The topological polar surface area (TPSA) is 115 Å². The summed E-state index contributed by atoms with van der Waals surface area (Å²) in [5.41, 5.74) is 5.23. The number of rotatable bonds is 10. The van der Waals surface area contributed by atoms with Gasteiger partial charge in [0.15, 0.2) is 6.20 Å². The molecule has 0 atom stereocenters. The lowest BCUT2D eigenvalue weighted by Crippen LogP contribution is -2.37. The molecule has 2 heterocycles. The van der Waals surface area contributed by atoms with Gasteiger partial charge in [0.25, 0.3) is 0 Å². The monoisotopic (exact) mass is 509 g/mol. The predicted octanol–water partition coefficient (Wildman–Crippen LogP) is 4.87. The molecule has 1 aliphatic rings. The maximum absolute atomic E-state index is 9.08. The highest BCUT2D eigenvalue weighted by Crippen LogP contribution is 2.26. The van der Waals surface area contributed by atoms with E-state index < -0.39 is 0 Å². The molecule has 1 fully saturated rings. The van der Waals surface area contributed by atoms with Crippen LogP contribution in [-0.2, 0) is 4.74 Å². The highest BCUT2D eigenvalue weighted by molar-refractivity contribution is 5.68. The number of ether oxygens (including phenoxy) is 1. The van der Waals surface area contributed by atoms with Crippen molar-refractivity contribution in [2.45, 2.75) is 20.3 Å². The van der Waals surface area contributed by atoms with Crippen LogP contribution in [0.5, 0.6) is 0 Å². The standard InChI is InChI=1S/C28H31N9O/c1-20-17-23(9-11-30-3)18-21(2)25(20)33-28-35-26(31-10-4-12-37-13-15-38-16-14-37)34-27(36-28)32-24-7-5-22(19-29)6-8-24/h5-9,11,17-18H,4,10,12-16H2,1-2H3,(H3,31,32,33,34,35,36)/b11-9+. The van der Waals surface area contributed by atoms with E-state index in [0.717, 1.165) is 73.9 Å². The summed E-state index contributed by atoms with van der Waals surface area (Å²) in [6.45, 7) is 16.2. The zero-order chi connectivity index (χ0) is 26.7. The van der Waals surface area contributed by atoms with Crippen LogP contribution in [0.1, 0.15) is 28.7 Å². The van der Waals surface area contributed by atoms with E-state index in [1.54, 1.807) is 18.2 Å². The molecule has 3 aromatic rings. The van der Waals surface area contributed by atoms with Crippen LogP contribution in [0.3, 0.4) is 0 Å². The largest absolute Gasteiger partial charge is 0.379 e. The van der Waals surface area contributed by atoms with Crippen molar-refractivity contribution in [2.24, 2.45) is 0 Å². The van der Waals surface area contributed by atoms with Crippen molar-refractivity contribution in [2.75, 3.05) is 55.3 Å². The minimum atomic E-state index is 0.384. The van der Waals surface area contributed by atoms with Crippen molar-refractivity contribution in [3.05, 3.63) is 76.3 Å². The summed E-state index contributed by atoms with van der Waals surface area (Å²) in [6, 6.07) is 13.3. The fourth-order valence-electron chi connectivity index (χ4n) is 4.18. The van der Waals surface area contributed by atoms with Crippen LogP contribution in [0.25, 0.3) is 10.9 Å². The Bertz CT molecular complexity index is 1330. The number of morpholine rings is 1. The van der Waals surface area contributed by atoms with Crippen molar-refractivity contribution < 1.29 is 4.74 Å². The average Bonchev–Trinajstić information content (AvgIpc) is 2.93. The van der Waals surface area contributed by atoms with E-state index in [-0.39, 0.29) is 0 Å². The van der Waals surface area contributed by atoms with Crippen LogP contribution < -0.4 is 16.0 Å². The van der Waals surface area contributed by atoms with Crippen LogP contribution >= 0.6 is 0 Å². The Balaban J connectivity index is 1.53. The van der Waals surface area contributed by atoms with E-state index in [1.807, 2.05) is 38.1 Å². The number of aromatic nitrogens is 3. The number of hydrogen-bond donors (Lipinski definition) is 3. The molecular formula is C28H31N9O. The van der Waals surface area contributed by atoms with E-state index >= 15 is 0 Å². The first-order chi connectivity index (χ1) is 18.5. The second-order valence-electron chi connectivity index (χ2n) is 8.95. The van der Waals surface area contributed by atoms with Crippen LogP contribution in [-0.4, -0.2) is 59.2 Å². The second-order valence-corrected chi connectivity index (χ2v) is 8.95. The first-order valence-corrected chi connectivity index (χ1v) is 12.5. The van der Waals surface area contributed by atoms with Gasteiger partial charge in [-0.3, -0.25) is 4.90 Å². The molecule has 3 N–H and O–H groups in total. The van der Waals surface area contributed by atoms with Gasteiger partial charge in [0.05, 0.1) is 31.4 Å². The summed E-state index contributed by atoms with van der Waals surface area (Å²) >= 11 is 0. The third-order valence-corrected chi connectivity index (χ3v) is 6.08. The highest BCUT2D eigenvalue weighted by atomic mass is 16.5. The molecule has 0 spiro atoms. The SMILES string of the molecule is [C-]#[N+]/C=C/c1cc(C)c(Nc2nc(NCCCN3CCOCC3)nc(Nc3ccc(C#N)cc3)n2)c(C)c1. The number of anilines is 5. The van der Waals surface area contributed by atoms with Crippen LogP contribution in [0.2, 0.25) is 0 Å². The number of aryl methyl sites for hydroxylation is 2. The third-order valence-electron chi connectivity index (χ3n) is 6.08. The molecule has 2 aromatic carbocycles. The van der Waals surface area contributed by atoms with Gasteiger partial charge in [0, 0.05) is 31.0 Å². The molecule has 1 saturated heterocycles. The Labute approximate surface area is 223 Å². The summed E-state index contributed by atoms with van der Waals surface area (Å²) in [4.78, 5) is 19.5. The summed E-state index contributed by atoms with van der Waals surface area (Å²) in [5.74, 6) is 1.25. The summed E-state index contributed by atoms with van der Waals surface area (Å²) in [5, 5.41) is 19.0. The maximum Gasteiger partial charge on any atom is 0.233 e. The molecule has 1 aliphatic heterocycles. The first kappa shape index (κ1) is 26.6. The molecule has 194 valence electrons. The third kappa shape index (κ3) is 7.50. The van der Waals surface area contributed by atoms with E-state index in [4.69, 9.17) is 16.6 Å². The second kappa shape index (κ2) is 13.2. The molecule has 38 heavy (non-hydrogen) atoms.